The second-order valence-electron chi connectivity index (χ2n) is 2.95. The molecule has 0 saturated carbocycles. The van der Waals surface area contributed by atoms with Gasteiger partial charge in [-0.15, -0.1) is 0 Å². The van der Waals surface area contributed by atoms with Crippen LogP contribution in [0.4, 0.5) is 17.3 Å². The third-order valence-corrected chi connectivity index (χ3v) is 1.41. The first-order chi connectivity index (χ1) is 6.41. The van der Waals surface area contributed by atoms with Crippen molar-refractivity contribution in [1.82, 2.24) is 5.32 Å². The average Bonchev–Trinajstić information content (AvgIpc) is 2.01. The summed E-state index contributed by atoms with van der Waals surface area (Å²) in [5.74, 6) is 0. The number of rotatable bonds is 6. The maximum absolute atomic E-state index is 9.75. The van der Waals surface area contributed by atoms with Crippen LogP contribution in [0.3, 0.4) is 0 Å². The zero-order valence-electron chi connectivity index (χ0n) is 8.83. The van der Waals surface area contributed by atoms with Gasteiger partial charge in [0.1, 0.15) is 0 Å². The van der Waals surface area contributed by atoms with Gasteiger partial charge in [-0.05, 0) is 25.9 Å². The van der Waals surface area contributed by atoms with Gasteiger partial charge in [0.15, 0.2) is 0 Å². The summed E-state index contributed by atoms with van der Waals surface area (Å²) in [6.07, 6.45) is 5.26. The average molecular weight is 216 g/mol. The molecule has 0 fully saturated rings. The second-order valence-corrected chi connectivity index (χ2v) is 2.95. The van der Waals surface area contributed by atoms with E-state index in [9.17, 15) is 17.3 Å². The molecule has 0 atom stereocenters. The summed E-state index contributed by atoms with van der Waals surface area (Å²) in [7, 11) is -6.00. The van der Waals surface area contributed by atoms with Crippen LogP contribution in [0.15, 0.2) is 0 Å². The van der Waals surface area contributed by atoms with Gasteiger partial charge < -0.3 is 22.6 Å². The van der Waals surface area contributed by atoms with Gasteiger partial charge in [-0.1, -0.05) is 26.7 Å². The molecular formula is C8H19BF4N-. The van der Waals surface area contributed by atoms with E-state index in [2.05, 4.69) is 19.2 Å². The molecule has 1 N–H and O–H groups in total. The molecule has 0 unspecified atom stereocenters. The molecule has 1 nitrogen and oxygen atoms in total. The molecule has 0 aromatic rings. The minimum Gasteiger partial charge on any atom is -0.418 e. The van der Waals surface area contributed by atoms with Crippen LogP contribution in [0.2, 0.25) is 0 Å². The monoisotopic (exact) mass is 216 g/mol. The number of hydrogen-bond donors (Lipinski definition) is 1. The van der Waals surface area contributed by atoms with Crippen molar-refractivity contribution in [3.05, 3.63) is 0 Å². The lowest BCUT2D eigenvalue weighted by Crippen LogP contribution is -2.15. The maximum Gasteiger partial charge on any atom is 0.673 e. The van der Waals surface area contributed by atoms with Crippen LogP contribution in [0.25, 0.3) is 0 Å². The molecular weight excluding hydrogens is 197 g/mol. The van der Waals surface area contributed by atoms with Crippen molar-refractivity contribution in [2.45, 2.75) is 39.5 Å². The van der Waals surface area contributed by atoms with Crippen molar-refractivity contribution in [2.24, 2.45) is 0 Å². The van der Waals surface area contributed by atoms with Gasteiger partial charge in [-0.2, -0.15) is 0 Å². The summed E-state index contributed by atoms with van der Waals surface area (Å²) >= 11 is 0. The molecule has 0 aliphatic heterocycles. The normalized spacial score (nSPS) is 10.7. The van der Waals surface area contributed by atoms with Crippen molar-refractivity contribution >= 4 is 7.25 Å². The zero-order chi connectivity index (χ0) is 11.4. The van der Waals surface area contributed by atoms with E-state index in [0.29, 0.717) is 0 Å². The Bertz CT molecular complexity index is 96.0. The van der Waals surface area contributed by atoms with E-state index in [4.69, 9.17) is 0 Å². The molecule has 0 amide bonds. The predicted octanol–water partition coefficient (Wildman–Crippen LogP) is 3.48. The second kappa shape index (κ2) is 10.8. The molecule has 0 spiro atoms. The van der Waals surface area contributed by atoms with E-state index in [1.54, 1.807) is 0 Å². The van der Waals surface area contributed by atoms with Crippen LogP contribution in [0.1, 0.15) is 39.5 Å². The van der Waals surface area contributed by atoms with Gasteiger partial charge in [0.05, 0.1) is 0 Å². The van der Waals surface area contributed by atoms with E-state index in [1.165, 1.54) is 38.8 Å². The first-order valence-corrected chi connectivity index (χ1v) is 4.99. The molecule has 0 aliphatic rings. The van der Waals surface area contributed by atoms with Crippen LogP contribution in [-0.4, -0.2) is 20.3 Å². The van der Waals surface area contributed by atoms with Crippen molar-refractivity contribution in [1.29, 1.82) is 0 Å². The van der Waals surface area contributed by atoms with Crippen molar-refractivity contribution < 1.29 is 17.3 Å². The predicted molar refractivity (Wildman–Crippen MR) is 52.9 cm³/mol. The maximum atomic E-state index is 9.75. The molecule has 0 rings (SSSR count). The highest BCUT2D eigenvalue weighted by Crippen LogP contribution is 2.06. The minimum absolute atomic E-state index is 1.20. The molecule has 14 heavy (non-hydrogen) atoms. The summed E-state index contributed by atoms with van der Waals surface area (Å²) < 4.78 is 39.0. The molecule has 6 heteroatoms. The van der Waals surface area contributed by atoms with Gasteiger partial charge in [0, 0.05) is 0 Å². The quantitative estimate of drug-likeness (QED) is 0.407. The van der Waals surface area contributed by atoms with Crippen LogP contribution >= 0.6 is 0 Å². The molecule has 0 bridgehead atoms. The molecule has 0 heterocycles. The SMILES string of the molecule is CCCCNCCCC.F[B-](F)(F)F. The molecule has 0 aromatic heterocycles. The molecule has 0 aromatic carbocycles. The minimum atomic E-state index is -6.00. The Hall–Kier alpha value is -0.255. The van der Waals surface area contributed by atoms with E-state index in [0.717, 1.165) is 0 Å². The fraction of sp³-hybridized carbons (Fsp3) is 1.00. The fourth-order valence-corrected chi connectivity index (χ4v) is 0.729. The third-order valence-electron chi connectivity index (χ3n) is 1.41. The molecule has 0 aliphatic carbocycles. The standard InChI is InChI=1S/C8H19N.BF4/c1-3-5-7-9-8-6-4-2;2-1(3,4)5/h9H,3-8H2,1-2H3;/q;-1. The number of halogens is 4. The first kappa shape index (κ1) is 16.2. The van der Waals surface area contributed by atoms with Gasteiger partial charge in [-0.3, -0.25) is 0 Å². The lowest BCUT2D eigenvalue weighted by Gasteiger charge is -1.99. The largest absolute Gasteiger partial charge is 0.673 e. The first-order valence-electron chi connectivity index (χ1n) is 4.99. The Kier molecular flexibility index (Phi) is 12.5. The van der Waals surface area contributed by atoms with Crippen molar-refractivity contribution in [3.8, 4) is 0 Å². The van der Waals surface area contributed by atoms with E-state index in [-0.39, 0.29) is 0 Å². The summed E-state index contributed by atoms with van der Waals surface area (Å²) in [4.78, 5) is 0. The third kappa shape index (κ3) is 41.1. The molecule has 88 valence electrons. The molecule has 0 radical (unpaired) electrons. The van der Waals surface area contributed by atoms with Gasteiger partial charge in [-0.25, -0.2) is 0 Å². The van der Waals surface area contributed by atoms with Crippen molar-refractivity contribution in [2.75, 3.05) is 13.1 Å². The van der Waals surface area contributed by atoms with Gasteiger partial charge >= 0.3 is 7.25 Å². The van der Waals surface area contributed by atoms with Crippen LogP contribution in [0.5, 0.6) is 0 Å². The Balaban J connectivity index is 0. The van der Waals surface area contributed by atoms with Crippen molar-refractivity contribution in [3.63, 3.8) is 0 Å². The smallest absolute Gasteiger partial charge is 0.418 e. The van der Waals surface area contributed by atoms with Gasteiger partial charge in [0.2, 0.25) is 0 Å². The topological polar surface area (TPSA) is 12.0 Å². The van der Waals surface area contributed by atoms with E-state index in [1.807, 2.05) is 0 Å². The highest BCUT2D eigenvalue weighted by molar-refractivity contribution is 6.50. The summed E-state index contributed by atoms with van der Waals surface area (Å²) in [6, 6.07) is 0. The van der Waals surface area contributed by atoms with E-state index >= 15 is 0 Å². The Morgan fingerprint density at radius 3 is 1.36 bits per heavy atom. The lowest BCUT2D eigenvalue weighted by molar-refractivity contribution is 0.368. The van der Waals surface area contributed by atoms with Crippen LogP contribution < -0.4 is 5.32 Å². The van der Waals surface area contributed by atoms with E-state index < -0.39 is 7.25 Å². The Labute approximate surface area is 83.4 Å². The Morgan fingerprint density at radius 1 is 0.857 bits per heavy atom. The Morgan fingerprint density at radius 2 is 1.14 bits per heavy atom. The fourth-order valence-electron chi connectivity index (χ4n) is 0.729. The molecule has 0 saturated heterocycles. The summed E-state index contributed by atoms with van der Waals surface area (Å²) in [5, 5.41) is 3.39. The van der Waals surface area contributed by atoms with Crippen LogP contribution in [0, 0.1) is 0 Å². The summed E-state index contributed by atoms with van der Waals surface area (Å²) in [6.45, 7) is 6.86. The number of hydrogen-bond acceptors (Lipinski definition) is 1. The zero-order valence-corrected chi connectivity index (χ0v) is 8.83. The van der Waals surface area contributed by atoms with Crippen LogP contribution in [-0.2, 0) is 0 Å². The highest BCUT2D eigenvalue weighted by Gasteiger charge is 2.20. The lowest BCUT2D eigenvalue weighted by atomic mass is 10.3. The highest BCUT2D eigenvalue weighted by atomic mass is 19.5. The number of nitrogens with one attached hydrogen (secondary N) is 1. The van der Waals surface area contributed by atoms with Gasteiger partial charge in [0.25, 0.3) is 0 Å². The number of unbranched alkanes of at least 4 members (excludes halogenated alkanes) is 2. The summed E-state index contributed by atoms with van der Waals surface area (Å²) in [5.41, 5.74) is 0.